The number of aryl methyl sites for hydroxylation is 1. The molecule has 0 atom stereocenters. The van der Waals surface area contributed by atoms with Crippen molar-refractivity contribution in [1.29, 1.82) is 0 Å². The summed E-state index contributed by atoms with van der Waals surface area (Å²) in [5.74, 6) is -0.0890. The summed E-state index contributed by atoms with van der Waals surface area (Å²) in [5, 5.41) is 11.0. The van der Waals surface area contributed by atoms with Gasteiger partial charge in [-0.05, 0) is 36.1 Å². The van der Waals surface area contributed by atoms with E-state index in [1.807, 2.05) is 46.6 Å². The lowest BCUT2D eigenvalue weighted by atomic mass is 10.0. The van der Waals surface area contributed by atoms with E-state index in [1.54, 1.807) is 23.7 Å². The molecule has 1 amide bonds. The van der Waals surface area contributed by atoms with Gasteiger partial charge < -0.3 is 5.32 Å². The third kappa shape index (κ3) is 5.40. The van der Waals surface area contributed by atoms with Gasteiger partial charge in [0.05, 0.1) is 13.1 Å². The zero-order valence-corrected chi connectivity index (χ0v) is 19.9. The summed E-state index contributed by atoms with van der Waals surface area (Å²) in [5.41, 5.74) is 5.15. The number of amides is 1. The molecule has 5 rings (SSSR count). The van der Waals surface area contributed by atoms with Crippen LogP contribution in [0.4, 0.5) is 0 Å². The van der Waals surface area contributed by atoms with Gasteiger partial charge in [0.1, 0.15) is 5.01 Å². The number of hydrogen-bond donors (Lipinski definition) is 1. The van der Waals surface area contributed by atoms with Gasteiger partial charge in [0, 0.05) is 61.3 Å². The predicted octanol–water partition coefficient (Wildman–Crippen LogP) is 3.70. The van der Waals surface area contributed by atoms with Crippen LogP contribution in [-0.2, 0) is 32.5 Å². The fraction of sp³-hybridized carbons (Fsp3) is 0.308. The summed E-state index contributed by atoms with van der Waals surface area (Å²) >= 11 is 1.67. The maximum atomic E-state index is 13.2. The number of nitrogens with one attached hydrogen (secondary N) is 1. The molecule has 1 aliphatic rings. The van der Waals surface area contributed by atoms with Gasteiger partial charge in [-0.15, -0.1) is 11.3 Å². The van der Waals surface area contributed by atoms with Crippen molar-refractivity contribution in [2.24, 2.45) is 0 Å². The van der Waals surface area contributed by atoms with E-state index in [2.05, 4.69) is 32.3 Å². The highest BCUT2D eigenvalue weighted by Crippen LogP contribution is 2.25. The Hall–Kier alpha value is -3.36. The number of carbonyl (C=O) groups is 1. The van der Waals surface area contributed by atoms with Crippen LogP contribution in [-0.4, -0.2) is 43.6 Å². The summed E-state index contributed by atoms with van der Waals surface area (Å²) in [4.78, 5) is 24.1. The molecule has 0 radical (unpaired) electrons. The van der Waals surface area contributed by atoms with E-state index in [0.29, 0.717) is 25.3 Å². The smallest absolute Gasteiger partial charge is 0.272 e. The number of benzene rings is 1. The van der Waals surface area contributed by atoms with Crippen LogP contribution >= 0.6 is 11.3 Å². The lowest BCUT2D eigenvalue weighted by Gasteiger charge is -2.26. The Bertz CT molecular complexity index is 1210. The van der Waals surface area contributed by atoms with Crippen molar-refractivity contribution < 1.29 is 4.79 Å². The first kappa shape index (κ1) is 22.4. The molecule has 0 saturated heterocycles. The largest absolute Gasteiger partial charge is 0.351 e. The summed E-state index contributed by atoms with van der Waals surface area (Å²) in [6.07, 6.45) is 8.13. The maximum absolute atomic E-state index is 13.2. The molecular formula is C26H28N6OS. The summed E-state index contributed by atoms with van der Waals surface area (Å²) in [7, 11) is 0. The average molecular weight is 473 g/mol. The third-order valence-corrected chi connectivity index (χ3v) is 6.89. The monoisotopic (exact) mass is 472 g/mol. The standard InChI is InChI=1S/C26H28N6OS/c33-26(29-11-4-7-20-5-2-1-3-6-20)25-22-18-31(19-24-28-14-16-34-24)15-10-23(22)32(30-25)17-21-8-12-27-13-9-21/h1-3,5-6,8-9,12-14,16H,4,7,10-11,15,17-19H2,(H,29,33). The zero-order chi connectivity index (χ0) is 23.2. The molecule has 0 unspecified atom stereocenters. The fourth-order valence-electron chi connectivity index (χ4n) is 4.40. The molecule has 1 aromatic carbocycles. The summed E-state index contributed by atoms with van der Waals surface area (Å²) in [6, 6.07) is 14.4. The molecule has 34 heavy (non-hydrogen) atoms. The van der Waals surface area contributed by atoms with Crippen molar-refractivity contribution in [3.8, 4) is 0 Å². The second kappa shape index (κ2) is 10.7. The Morgan fingerprint density at radius 1 is 1.03 bits per heavy atom. The molecule has 7 nitrogen and oxygen atoms in total. The van der Waals surface area contributed by atoms with Crippen LogP contribution < -0.4 is 5.32 Å². The Balaban J connectivity index is 1.31. The van der Waals surface area contributed by atoms with Crippen molar-refractivity contribution >= 4 is 17.2 Å². The Labute approximate surface area is 203 Å². The molecule has 4 heterocycles. The van der Waals surface area contributed by atoms with Crippen LogP contribution in [0, 0.1) is 0 Å². The van der Waals surface area contributed by atoms with Crippen molar-refractivity contribution in [1.82, 2.24) is 30.0 Å². The van der Waals surface area contributed by atoms with E-state index >= 15 is 0 Å². The van der Waals surface area contributed by atoms with Gasteiger partial charge in [-0.2, -0.15) is 5.10 Å². The van der Waals surface area contributed by atoms with E-state index in [4.69, 9.17) is 5.10 Å². The lowest BCUT2D eigenvalue weighted by Crippen LogP contribution is -2.32. The second-order valence-corrected chi connectivity index (χ2v) is 9.50. The molecule has 4 aromatic rings. The molecule has 3 aromatic heterocycles. The molecular weight excluding hydrogens is 444 g/mol. The molecule has 1 N–H and O–H groups in total. The van der Waals surface area contributed by atoms with E-state index < -0.39 is 0 Å². The van der Waals surface area contributed by atoms with Gasteiger partial charge in [0.2, 0.25) is 0 Å². The summed E-state index contributed by atoms with van der Waals surface area (Å²) in [6.45, 7) is 3.69. The van der Waals surface area contributed by atoms with Crippen LogP contribution in [0.25, 0.3) is 0 Å². The number of hydrogen-bond acceptors (Lipinski definition) is 6. The lowest BCUT2D eigenvalue weighted by molar-refractivity contribution is 0.0945. The fourth-order valence-corrected chi connectivity index (χ4v) is 5.06. The van der Waals surface area contributed by atoms with Crippen LogP contribution in [0.2, 0.25) is 0 Å². The van der Waals surface area contributed by atoms with E-state index in [9.17, 15) is 4.79 Å². The minimum Gasteiger partial charge on any atom is -0.351 e. The van der Waals surface area contributed by atoms with Gasteiger partial charge >= 0.3 is 0 Å². The number of nitrogens with zero attached hydrogens (tertiary/aromatic N) is 5. The normalized spacial score (nSPS) is 13.5. The van der Waals surface area contributed by atoms with Crippen LogP contribution in [0.15, 0.2) is 66.4 Å². The molecule has 0 aliphatic carbocycles. The number of aromatic nitrogens is 4. The average Bonchev–Trinajstić information content (AvgIpc) is 3.51. The van der Waals surface area contributed by atoms with Crippen molar-refractivity contribution in [3.63, 3.8) is 0 Å². The maximum Gasteiger partial charge on any atom is 0.272 e. The Kier molecular flexibility index (Phi) is 7.07. The van der Waals surface area contributed by atoms with Crippen molar-refractivity contribution in [2.75, 3.05) is 13.1 Å². The number of fused-ring (bicyclic) bond motifs is 1. The SMILES string of the molecule is O=C(NCCCc1ccccc1)c1nn(Cc2ccncc2)c2c1CN(Cc1nccs1)CC2. The van der Waals surface area contributed by atoms with E-state index in [0.717, 1.165) is 54.2 Å². The first-order chi connectivity index (χ1) is 16.8. The number of rotatable bonds is 9. The van der Waals surface area contributed by atoms with Gasteiger partial charge in [0.15, 0.2) is 5.69 Å². The van der Waals surface area contributed by atoms with Crippen molar-refractivity contribution in [3.05, 3.63) is 99.5 Å². The van der Waals surface area contributed by atoms with Gasteiger partial charge in [0.25, 0.3) is 5.91 Å². The van der Waals surface area contributed by atoms with Crippen LogP contribution in [0.5, 0.6) is 0 Å². The topological polar surface area (TPSA) is 75.9 Å². The Morgan fingerprint density at radius 3 is 2.68 bits per heavy atom. The first-order valence-corrected chi connectivity index (χ1v) is 12.5. The minimum absolute atomic E-state index is 0.0890. The summed E-state index contributed by atoms with van der Waals surface area (Å²) < 4.78 is 2.00. The highest BCUT2D eigenvalue weighted by molar-refractivity contribution is 7.09. The highest BCUT2D eigenvalue weighted by atomic mass is 32.1. The van der Waals surface area contributed by atoms with Gasteiger partial charge in [-0.25, -0.2) is 4.98 Å². The van der Waals surface area contributed by atoms with E-state index in [1.165, 1.54) is 5.56 Å². The number of pyridine rings is 1. The number of thiazole rings is 1. The first-order valence-electron chi connectivity index (χ1n) is 11.7. The molecule has 0 fully saturated rings. The molecule has 174 valence electrons. The van der Waals surface area contributed by atoms with Crippen LogP contribution in [0.1, 0.15) is 44.3 Å². The molecule has 0 spiro atoms. The number of carbonyl (C=O) groups excluding carboxylic acids is 1. The van der Waals surface area contributed by atoms with Crippen LogP contribution in [0.3, 0.4) is 0 Å². The molecule has 8 heteroatoms. The molecule has 0 saturated carbocycles. The quantitative estimate of drug-likeness (QED) is 0.376. The second-order valence-electron chi connectivity index (χ2n) is 8.52. The molecule has 1 aliphatic heterocycles. The van der Waals surface area contributed by atoms with Crippen molar-refractivity contribution in [2.45, 2.75) is 38.9 Å². The minimum atomic E-state index is -0.0890. The van der Waals surface area contributed by atoms with E-state index in [-0.39, 0.29) is 5.91 Å². The Morgan fingerprint density at radius 2 is 1.88 bits per heavy atom. The highest BCUT2D eigenvalue weighted by Gasteiger charge is 2.28. The van der Waals surface area contributed by atoms with Gasteiger partial charge in [-0.1, -0.05) is 30.3 Å². The third-order valence-electron chi connectivity index (χ3n) is 6.12. The predicted molar refractivity (Wildman–Crippen MR) is 133 cm³/mol. The molecule has 0 bridgehead atoms. The zero-order valence-electron chi connectivity index (χ0n) is 19.1. The van der Waals surface area contributed by atoms with Gasteiger partial charge in [-0.3, -0.25) is 19.4 Å².